The lowest BCUT2D eigenvalue weighted by atomic mass is 10.1. The molecule has 1 aliphatic heterocycles. The highest BCUT2D eigenvalue weighted by atomic mass is 16.4. The van der Waals surface area contributed by atoms with Crippen molar-refractivity contribution >= 4 is 11.6 Å². The summed E-state index contributed by atoms with van der Waals surface area (Å²) >= 11 is 0. The second-order valence-electron chi connectivity index (χ2n) is 8.18. The van der Waals surface area contributed by atoms with Crippen molar-refractivity contribution in [1.82, 2.24) is 20.0 Å². The predicted octanol–water partition coefficient (Wildman–Crippen LogP) is 3.32. The summed E-state index contributed by atoms with van der Waals surface area (Å²) in [6.07, 6.45) is 0. The Balaban J connectivity index is 1.26. The number of hydrogen-bond donors (Lipinski definition) is 1. The van der Waals surface area contributed by atoms with Gasteiger partial charge in [0.15, 0.2) is 0 Å². The summed E-state index contributed by atoms with van der Waals surface area (Å²) in [7, 11) is 0. The largest absolute Gasteiger partial charge is 0.466 e. The van der Waals surface area contributed by atoms with Gasteiger partial charge in [-0.2, -0.15) is 0 Å². The number of nitrogens with zero attached hydrogens (tertiary/aromatic N) is 4. The number of aromatic nitrogens is 2. The molecule has 8 nitrogen and oxygen atoms in total. The third-order valence-corrected chi connectivity index (χ3v) is 5.81. The van der Waals surface area contributed by atoms with Crippen molar-refractivity contribution in [3.05, 3.63) is 52.8 Å². The SMILES string of the molecule is Cc1cc(-c2nnc(CN3CCN(CC(=O)Nc4cccc(C)c4C)CC3)o2)c(C)o1. The molecule has 8 heteroatoms. The van der Waals surface area contributed by atoms with Crippen molar-refractivity contribution in [3.63, 3.8) is 0 Å². The van der Waals surface area contributed by atoms with Crippen molar-refractivity contribution in [2.75, 3.05) is 38.0 Å². The van der Waals surface area contributed by atoms with Crippen LogP contribution in [0.5, 0.6) is 0 Å². The molecule has 31 heavy (non-hydrogen) atoms. The molecule has 0 radical (unpaired) electrons. The molecular weight excluding hydrogens is 394 g/mol. The number of carbonyl (C=O) groups is 1. The molecule has 3 heterocycles. The Bertz CT molecular complexity index is 1060. The first-order valence-corrected chi connectivity index (χ1v) is 10.6. The monoisotopic (exact) mass is 423 g/mol. The van der Waals surface area contributed by atoms with E-state index >= 15 is 0 Å². The van der Waals surface area contributed by atoms with E-state index in [2.05, 4.69) is 25.3 Å². The number of anilines is 1. The Labute approximate surface area is 182 Å². The predicted molar refractivity (Wildman–Crippen MR) is 118 cm³/mol. The Morgan fingerprint density at radius 1 is 1.03 bits per heavy atom. The molecule has 1 amide bonds. The van der Waals surface area contributed by atoms with Crippen LogP contribution in [0.4, 0.5) is 5.69 Å². The lowest BCUT2D eigenvalue weighted by Crippen LogP contribution is -2.48. The lowest BCUT2D eigenvalue weighted by Gasteiger charge is -2.33. The van der Waals surface area contributed by atoms with E-state index in [9.17, 15) is 4.79 Å². The van der Waals surface area contributed by atoms with E-state index in [0.29, 0.717) is 24.9 Å². The number of rotatable bonds is 6. The maximum absolute atomic E-state index is 12.5. The summed E-state index contributed by atoms with van der Waals surface area (Å²) in [6.45, 7) is 12.2. The smallest absolute Gasteiger partial charge is 0.251 e. The number of benzene rings is 1. The number of aryl methyl sites for hydroxylation is 3. The van der Waals surface area contributed by atoms with Crippen LogP contribution in [0.25, 0.3) is 11.5 Å². The van der Waals surface area contributed by atoms with Crippen LogP contribution in [-0.2, 0) is 11.3 Å². The number of carbonyl (C=O) groups excluding carboxylic acids is 1. The standard InChI is InChI=1S/C23H29N5O3/c1-15-6-5-7-20(17(15)3)24-21(29)13-27-8-10-28(11-9-27)14-22-25-26-23(31-22)19-12-16(2)30-18(19)4/h5-7,12H,8-11,13-14H2,1-4H3,(H,24,29). The molecule has 4 rings (SSSR count). The van der Waals surface area contributed by atoms with Crippen LogP contribution in [0.15, 0.2) is 33.1 Å². The summed E-state index contributed by atoms with van der Waals surface area (Å²) < 4.78 is 11.4. The van der Waals surface area contributed by atoms with Gasteiger partial charge in [-0.1, -0.05) is 12.1 Å². The topological polar surface area (TPSA) is 87.6 Å². The Morgan fingerprint density at radius 3 is 2.48 bits per heavy atom. The van der Waals surface area contributed by atoms with Gasteiger partial charge in [0.1, 0.15) is 11.5 Å². The van der Waals surface area contributed by atoms with Gasteiger partial charge >= 0.3 is 0 Å². The molecule has 1 aliphatic rings. The highest BCUT2D eigenvalue weighted by Gasteiger charge is 2.22. The molecule has 1 N–H and O–H groups in total. The Morgan fingerprint density at radius 2 is 1.77 bits per heavy atom. The van der Waals surface area contributed by atoms with E-state index in [1.54, 1.807) is 0 Å². The molecule has 0 aliphatic carbocycles. The van der Waals surface area contributed by atoms with Crippen molar-refractivity contribution in [1.29, 1.82) is 0 Å². The Kier molecular flexibility index (Phi) is 6.20. The molecule has 0 saturated carbocycles. The average Bonchev–Trinajstić information content (AvgIpc) is 3.32. The van der Waals surface area contributed by atoms with E-state index < -0.39 is 0 Å². The number of hydrogen-bond acceptors (Lipinski definition) is 7. The molecule has 0 bridgehead atoms. The lowest BCUT2D eigenvalue weighted by molar-refractivity contribution is -0.117. The van der Waals surface area contributed by atoms with Crippen molar-refractivity contribution in [3.8, 4) is 11.5 Å². The van der Waals surface area contributed by atoms with E-state index in [4.69, 9.17) is 8.83 Å². The van der Waals surface area contributed by atoms with Gasteiger partial charge in [-0.3, -0.25) is 14.6 Å². The minimum atomic E-state index is 0.0227. The number of nitrogens with one attached hydrogen (secondary N) is 1. The van der Waals surface area contributed by atoms with Crippen LogP contribution < -0.4 is 5.32 Å². The molecule has 2 aromatic heterocycles. The third kappa shape index (κ3) is 5.03. The van der Waals surface area contributed by atoms with Crippen LogP contribution >= 0.6 is 0 Å². The van der Waals surface area contributed by atoms with E-state index in [0.717, 1.165) is 54.5 Å². The molecule has 1 fully saturated rings. The first-order valence-electron chi connectivity index (χ1n) is 10.6. The fourth-order valence-electron chi connectivity index (χ4n) is 3.85. The second kappa shape index (κ2) is 9.03. The summed E-state index contributed by atoms with van der Waals surface area (Å²) in [5.41, 5.74) is 4.02. The van der Waals surface area contributed by atoms with Gasteiger partial charge in [-0.05, 0) is 51.0 Å². The van der Waals surface area contributed by atoms with Crippen molar-refractivity contribution < 1.29 is 13.6 Å². The zero-order valence-corrected chi connectivity index (χ0v) is 18.6. The second-order valence-corrected chi connectivity index (χ2v) is 8.18. The first kappa shape index (κ1) is 21.3. The van der Waals surface area contributed by atoms with Gasteiger partial charge in [0.2, 0.25) is 11.8 Å². The molecule has 164 valence electrons. The maximum Gasteiger partial charge on any atom is 0.251 e. The third-order valence-electron chi connectivity index (χ3n) is 5.81. The van der Waals surface area contributed by atoms with Gasteiger partial charge in [0, 0.05) is 31.9 Å². The zero-order valence-electron chi connectivity index (χ0n) is 18.6. The number of piperazine rings is 1. The average molecular weight is 424 g/mol. The number of amides is 1. The highest BCUT2D eigenvalue weighted by Crippen LogP contribution is 2.25. The summed E-state index contributed by atoms with van der Waals surface area (Å²) in [4.78, 5) is 16.9. The van der Waals surface area contributed by atoms with Crippen LogP contribution in [0.1, 0.15) is 28.5 Å². The van der Waals surface area contributed by atoms with Crippen LogP contribution in [-0.4, -0.2) is 58.6 Å². The van der Waals surface area contributed by atoms with Gasteiger partial charge in [-0.25, -0.2) is 0 Å². The maximum atomic E-state index is 12.5. The number of furan rings is 1. The van der Waals surface area contributed by atoms with Crippen molar-refractivity contribution in [2.45, 2.75) is 34.2 Å². The molecule has 3 aromatic rings. The van der Waals surface area contributed by atoms with Gasteiger partial charge in [0.25, 0.3) is 5.89 Å². The van der Waals surface area contributed by atoms with Crippen LogP contribution in [0, 0.1) is 27.7 Å². The zero-order chi connectivity index (χ0) is 22.0. The fourth-order valence-corrected chi connectivity index (χ4v) is 3.85. The molecule has 0 spiro atoms. The normalized spacial score (nSPS) is 15.4. The first-order chi connectivity index (χ1) is 14.9. The minimum absolute atomic E-state index is 0.0227. The summed E-state index contributed by atoms with van der Waals surface area (Å²) in [5, 5.41) is 11.4. The molecule has 1 saturated heterocycles. The molecule has 1 aromatic carbocycles. The van der Waals surface area contributed by atoms with E-state index in [1.165, 1.54) is 5.56 Å². The van der Waals surface area contributed by atoms with Gasteiger partial charge in [-0.15, -0.1) is 10.2 Å². The van der Waals surface area contributed by atoms with Crippen LogP contribution in [0.2, 0.25) is 0 Å². The van der Waals surface area contributed by atoms with Crippen molar-refractivity contribution in [2.24, 2.45) is 0 Å². The van der Waals surface area contributed by atoms with E-state index in [-0.39, 0.29) is 5.91 Å². The summed E-state index contributed by atoms with van der Waals surface area (Å²) in [6, 6.07) is 7.88. The molecular formula is C23H29N5O3. The minimum Gasteiger partial charge on any atom is -0.466 e. The summed E-state index contributed by atoms with van der Waals surface area (Å²) in [5.74, 6) is 2.71. The van der Waals surface area contributed by atoms with Gasteiger partial charge < -0.3 is 14.2 Å². The van der Waals surface area contributed by atoms with Gasteiger partial charge in [0.05, 0.1) is 18.7 Å². The van der Waals surface area contributed by atoms with E-state index in [1.807, 2.05) is 52.0 Å². The highest BCUT2D eigenvalue weighted by molar-refractivity contribution is 5.93. The molecule has 0 atom stereocenters. The van der Waals surface area contributed by atoms with Crippen LogP contribution in [0.3, 0.4) is 0 Å². The Hall–Kier alpha value is -2.97. The molecule has 0 unspecified atom stereocenters. The quantitative estimate of drug-likeness (QED) is 0.651. The fraction of sp³-hybridized carbons (Fsp3) is 0.435.